The third kappa shape index (κ3) is 3.02. The van der Waals surface area contributed by atoms with Crippen molar-refractivity contribution in [2.24, 2.45) is 0 Å². The number of unbranched alkanes of at least 4 members (excludes halogenated alkanes) is 1. The molecule has 88 valence electrons. The first-order valence-electron chi connectivity index (χ1n) is 6.05. The van der Waals surface area contributed by atoms with Crippen molar-refractivity contribution < 1.29 is 0 Å². The first-order chi connectivity index (χ1) is 7.81. The van der Waals surface area contributed by atoms with Crippen LogP contribution in [0.2, 0.25) is 5.02 Å². The van der Waals surface area contributed by atoms with Crippen LogP contribution in [0.15, 0.2) is 30.5 Å². The van der Waals surface area contributed by atoms with Gasteiger partial charge in [-0.05, 0) is 30.7 Å². The summed E-state index contributed by atoms with van der Waals surface area (Å²) in [5.41, 5.74) is 1.28. The second kappa shape index (κ2) is 6.59. The van der Waals surface area contributed by atoms with Crippen LogP contribution >= 0.6 is 11.6 Å². The van der Waals surface area contributed by atoms with Gasteiger partial charge in [-0.3, -0.25) is 0 Å². The molecule has 0 radical (unpaired) electrons. The standard InChI is InChI=1S/C12H14ClN.C2H6/c1-2-3-7-14-8-6-10-9-11(13)4-5-12(10)14;1-2/h4-6,8-9H,2-3,7H2,1H3;1-2H3. The molecule has 0 saturated heterocycles. The fraction of sp³-hybridized carbons (Fsp3) is 0.429. The SMILES string of the molecule is CC.CCCCn1ccc2cc(Cl)ccc21. The lowest BCUT2D eigenvalue weighted by Gasteiger charge is -2.03. The Hall–Kier alpha value is -0.950. The molecule has 0 amide bonds. The molecule has 16 heavy (non-hydrogen) atoms. The van der Waals surface area contributed by atoms with E-state index >= 15 is 0 Å². The van der Waals surface area contributed by atoms with E-state index < -0.39 is 0 Å². The van der Waals surface area contributed by atoms with Crippen LogP contribution in [-0.2, 0) is 6.54 Å². The van der Waals surface area contributed by atoms with Crippen LogP contribution in [0.25, 0.3) is 10.9 Å². The van der Waals surface area contributed by atoms with Crippen molar-refractivity contribution in [1.82, 2.24) is 4.57 Å². The average Bonchev–Trinajstić information content (AvgIpc) is 2.71. The largest absolute Gasteiger partial charge is 0.347 e. The van der Waals surface area contributed by atoms with Gasteiger partial charge in [-0.25, -0.2) is 0 Å². The summed E-state index contributed by atoms with van der Waals surface area (Å²) in [4.78, 5) is 0. The van der Waals surface area contributed by atoms with Gasteiger partial charge in [0.05, 0.1) is 0 Å². The maximum absolute atomic E-state index is 5.92. The van der Waals surface area contributed by atoms with Crippen LogP contribution in [0.1, 0.15) is 33.6 Å². The van der Waals surface area contributed by atoms with Gasteiger partial charge in [-0.15, -0.1) is 0 Å². The normalized spacial score (nSPS) is 10.0. The molecule has 0 aliphatic heterocycles. The molecule has 2 aromatic rings. The zero-order valence-electron chi connectivity index (χ0n) is 10.3. The minimum absolute atomic E-state index is 0.811. The molecule has 2 heteroatoms. The van der Waals surface area contributed by atoms with Gasteiger partial charge < -0.3 is 4.57 Å². The lowest BCUT2D eigenvalue weighted by Crippen LogP contribution is -1.94. The Bertz CT molecular complexity index is 431. The average molecular weight is 238 g/mol. The van der Waals surface area contributed by atoms with Crippen molar-refractivity contribution >= 4 is 22.5 Å². The van der Waals surface area contributed by atoms with Crippen molar-refractivity contribution in [3.8, 4) is 0 Å². The Balaban J connectivity index is 0.000000606. The Morgan fingerprint density at radius 2 is 1.94 bits per heavy atom. The molecule has 2 rings (SSSR count). The molecule has 0 N–H and O–H groups in total. The highest BCUT2D eigenvalue weighted by molar-refractivity contribution is 6.31. The molecule has 0 spiro atoms. The number of hydrogen-bond acceptors (Lipinski definition) is 0. The zero-order chi connectivity index (χ0) is 12.0. The summed E-state index contributed by atoms with van der Waals surface area (Å²) >= 11 is 5.92. The van der Waals surface area contributed by atoms with Gasteiger partial charge in [0.15, 0.2) is 0 Å². The molecule has 0 aliphatic carbocycles. The molecule has 0 unspecified atom stereocenters. The Kier molecular flexibility index (Phi) is 5.41. The van der Waals surface area contributed by atoms with E-state index in [4.69, 9.17) is 11.6 Å². The van der Waals surface area contributed by atoms with Gasteiger partial charge in [0.2, 0.25) is 0 Å². The fourth-order valence-electron chi connectivity index (χ4n) is 1.69. The quantitative estimate of drug-likeness (QED) is 0.698. The number of halogens is 1. The van der Waals surface area contributed by atoms with E-state index in [0.717, 1.165) is 11.6 Å². The number of rotatable bonds is 3. The van der Waals surface area contributed by atoms with Crippen LogP contribution in [0.4, 0.5) is 0 Å². The first kappa shape index (κ1) is 13.1. The molecular formula is C14H20ClN. The number of nitrogens with zero attached hydrogens (tertiary/aromatic N) is 1. The third-order valence-corrected chi connectivity index (χ3v) is 2.72. The summed E-state index contributed by atoms with van der Waals surface area (Å²) in [5, 5.41) is 2.04. The fourth-order valence-corrected chi connectivity index (χ4v) is 1.87. The molecular weight excluding hydrogens is 218 g/mol. The smallest absolute Gasteiger partial charge is 0.0481 e. The third-order valence-electron chi connectivity index (χ3n) is 2.49. The van der Waals surface area contributed by atoms with Gasteiger partial charge >= 0.3 is 0 Å². The van der Waals surface area contributed by atoms with Crippen molar-refractivity contribution in [1.29, 1.82) is 0 Å². The maximum atomic E-state index is 5.92. The predicted octanol–water partition coefficient (Wildman–Crippen LogP) is 5.12. The minimum atomic E-state index is 0.811. The van der Waals surface area contributed by atoms with Crippen molar-refractivity contribution in [3.63, 3.8) is 0 Å². The molecule has 1 aromatic heterocycles. The van der Waals surface area contributed by atoms with E-state index in [1.807, 2.05) is 26.0 Å². The Labute approximate surface area is 103 Å². The number of aryl methyl sites for hydroxylation is 1. The molecule has 0 fully saturated rings. The highest BCUT2D eigenvalue weighted by Gasteiger charge is 2.00. The summed E-state index contributed by atoms with van der Waals surface area (Å²) in [6.07, 6.45) is 4.59. The van der Waals surface area contributed by atoms with Crippen molar-refractivity contribution in [2.75, 3.05) is 0 Å². The van der Waals surface area contributed by atoms with E-state index in [2.05, 4.69) is 29.8 Å². The van der Waals surface area contributed by atoms with E-state index in [9.17, 15) is 0 Å². The lowest BCUT2D eigenvalue weighted by atomic mass is 10.2. The first-order valence-corrected chi connectivity index (χ1v) is 6.43. The van der Waals surface area contributed by atoms with Crippen LogP contribution in [-0.4, -0.2) is 4.57 Å². The summed E-state index contributed by atoms with van der Waals surface area (Å²) < 4.78 is 2.29. The number of benzene rings is 1. The lowest BCUT2D eigenvalue weighted by molar-refractivity contribution is 0.650. The summed E-state index contributed by atoms with van der Waals surface area (Å²) in [7, 11) is 0. The number of fused-ring (bicyclic) bond motifs is 1. The van der Waals surface area contributed by atoms with Gasteiger partial charge in [0, 0.05) is 28.7 Å². The summed E-state index contributed by atoms with van der Waals surface area (Å²) in [6.45, 7) is 7.31. The molecule has 0 saturated carbocycles. The molecule has 1 nitrogen and oxygen atoms in total. The van der Waals surface area contributed by atoms with Crippen molar-refractivity contribution in [3.05, 3.63) is 35.5 Å². The second-order valence-electron chi connectivity index (χ2n) is 3.57. The molecule has 1 heterocycles. The molecule has 0 aliphatic rings. The Morgan fingerprint density at radius 1 is 1.19 bits per heavy atom. The monoisotopic (exact) mass is 237 g/mol. The van der Waals surface area contributed by atoms with Gasteiger partial charge in [-0.2, -0.15) is 0 Å². The molecule has 0 atom stereocenters. The van der Waals surface area contributed by atoms with Crippen LogP contribution < -0.4 is 0 Å². The maximum Gasteiger partial charge on any atom is 0.0481 e. The topological polar surface area (TPSA) is 4.93 Å². The summed E-state index contributed by atoms with van der Waals surface area (Å²) in [5.74, 6) is 0. The number of hydrogen-bond donors (Lipinski definition) is 0. The van der Waals surface area contributed by atoms with Crippen LogP contribution in [0.3, 0.4) is 0 Å². The van der Waals surface area contributed by atoms with Gasteiger partial charge in [0.25, 0.3) is 0 Å². The highest BCUT2D eigenvalue weighted by atomic mass is 35.5. The van der Waals surface area contributed by atoms with Crippen LogP contribution in [0, 0.1) is 0 Å². The molecule has 0 bridgehead atoms. The van der Waals surface area contributed by atoms with Crippen molar-refractivity contribution in [2.45, 2.75) is 40.2 Å². The van der Waals surface area contributed by atoms with E-state index in [-0.39, 0.29) is 0 Å². The van der Waals surface area contributed by atoms with Gasteiger partial charge in [-0.1, -0.05) is 38.8 Å². The summed E-state index contributed by atoms with van der Waals surface area (Å²) in [6, 6.07) is 8.18. The minimum Gasteiger partial charge on any atom is -0.347 e. The highest BCUT2D eigenvalue weighted by Crippen LogP contribution is 2.20. The zero-order valence-corrected chi connectivity index (χ0v) is 11.1. The Morgan fingerprint density at radius 3 is 2.62 bits per heavy atom. The number of aromatic nitrogens is 1. The van der Waals surface area contributed by atoms with Gasteiger partial charge in [0.1, 0.15) is 0 Å². The molecule has 1 aromatic carbocycles. The van der Waals surface area contributed by atoms with Crippen LogP contribution in [0.5, 0.6) is 0 Å². The van der Waals surface area contributed by atoms with E-state index in [1.165, 1.54) is 23.7 Å². The predicted molar refractivity (Wildman–Crippen MR) is 73.2 cm³/mol. The second-order valence-corrected chi connectivity index (χ2v) is 4.00. The van der Waals surface area contributed by atoms with E-state index in [1.54, 1.807) is 0 Å². The van der Waals surface area contributed by atoms with E-state index in [0.29, 0.717) is 0 Å².